The summed E-state index contributed by atoms with van der Waals surface area (Å²) in [5.74, 6) is -0.261. The molecule has 0 saturated carbocycles. The summed E-state index contributed by atoms with van der Waals surface area (Å²) in [6, 6.07) is 6.47. The molecule has 3 heteroatoms. The van der Waals surface area contributed by atoms with Gasteiger partial charge in [-0.1, -0.05) is 24.8 Å². The summed E-state index contributed by atoms with van der Waals surface area (Å²) in [5.41, 5.74) is 6.44. The third-order valence-electron chi connectivity index (χ3n) is 1.50. The van der Waals surface area contributed by atoms with Crippen molar-refractivity contribution in [3.8, 4) is 0 Å². The van der Waals surface area contributed by atoms with Crippen molar-refractivity contribution >= 4 is 18.0 Å². The second-order valence-electron chi connectivity index (χ2n) is 2.29. The van der Waals surface area contributed by atoms with Gasteiger partial charge in [-0.25, -0.2) is 4.39 Å². The number of halogens is 2. The van der Waals surface area contributed by atoms with Gasteiger partial charge in [0.1, 0.15) is 5.82 Å². The highest BCUT2D eigenvalue weighted by Crippen LogP contribution is 2.14. The molecule has 0 saturated heterocycles. The molecule has 0 aliphatic carbocycles. The van der Waals surface area contributed by atoms with Crippen LogP contribution in [0.25, 0.3) is 5.57 Å². The lowest BCUT2D eigenvalue weighted by atomic mass is 10.1. The predicted molar refractivity (Wildman–Crippen MR) is 51.7 cm³/mol. The summed E-state index contributed by atoms with van der Waals surface area (Å²) < 4.78 is 12.9. The second kappa shape index (κ2) is 4.91. The van der Waals surface area contributed by atoms with Crippen molar-refractivity contribution in [2.24, 2.45) is 5.73 Å². The van der Waals surface area contributed by atoms with Crippen LogP contribution in [0.15, 0.2) is 30.8 Å². The molecule has 1 aromatic rings. The lowest BCUT2D eigenvalue weighted by Crippen LogP contribution is -2.02. The van der Waals surface area contributed by atoms with E-state index in [1.54, 1.807) is 18.2 Å². The quantitative estimate of drug-likeness (QED) is 0.755. The third-order valence-corrected chi connectivity index (χ3v) is 1.50. The molecule has 0 spiro atoms. The highest BCUT2D eigenvalue weighted by atomic mass is 35.5. The van der Waals surface area contributed by atoms with Gasteiger partial charge in [0, 0.05) is 12.1 Å². The number of hydrogen-bond donors (Lipinski definition) is 1. The average Bonchev–Trinajstić information content (AvgIpc) is 2.04. The van der Waals surface area contributed by atoms with Gasteiger partial charge in [-0.15, -0.1) is 12.4 Å². The Kier molecular flexibility index (Phi) is 4.55. The maximum absolute atomic E-state index is 12.9. The first kappa shape index (κ1) is 11.1. The van der Waals surface area contributed by atoms with Crippen molar-refractivity contribution in [3.63, 3.8) is 0 Å². The van der Waals surface area contributed by atoms with Crippen molar-refractivity contribution in [2.75, 3.05) is 6.54 Å². The van der Waals surface area contributed by atoms with Crippen LogP contribution in [-0.2, 0) is 0 Å². The van der Waals surface area contributed by atoms with Gasteiger partial charge in [0.25, 0.3) is 0 Å². The first-order valence-electron chi connectivity index (χ1n) is 3.38. The Hall–Kier alpha value is -0.860. The van der Waals surface area contributed by atoms with Crippen LogP contribution < -0.4 is 5.73 Å². The summed E-state index contributed by atoms with van der Waals surface area (Å²) >= 11 is 0. The number of nitrogens with two attached hydrogens (primary N) is 1. The molecule has 0 aromatic heterocycles. The fraction of sp³-hybridized carbons (Fsp3) is 0.111. The van der Waals surface area contributed by atoms with E-state index in [0.717, 1.165) is 0 Å². The first-order valence-corrected chi connectivity index (χ1v) is 3.38. The van der Waals surface area contributed by atoms with Gasteiger partial charge in [0.15, 0.2) is 0 Å². The topological polar surface area (TPSA) is 26.0 Å². The molecule has 0 radical (unpaired) electrons. The Labute approximate surface area is 77.5 Å². The fourth-order valence-corrected chi connectivity index (χ4v) is 0.858. The van der Waals surface area contributed by atoms with E-state index in [9.17, 15) is 4.39 Å². The molecule has 0 aliphatic rings. The monoisotopic (exact) mass is 187 g/mol. The Morgan fingerprint density at radius 1 is 1.42 bits per heavy atom. The average molecular weight is 188 g/mol. The van der Waals surface area contributed by atoms with E-state index in [1.165, 1.54) is 6.07 Å². The molecule has 1 aromatic carbocycles. The van der Waals surface area contributed by atoms with E-state index < -0.39 is 0 Å². The summed E-state index contributed by atoms with van der Waals surface area (Å²) in [5, 5.41) is 0. The highest BCUT2D eigenvalue weighted by molar-refractivity contribution is 5.85. The zero-order chi connectivity index (χ0) is 8.27. The van der Waals surface area contributed by atoms with Gasteiger partial charge < -0.3 is 5.73 Å². The first-order chi connectivity index (χ1) is 5.25. The van der Waals surface area contributed by atoms with Gasteiger partial charge in [-0.2, -0.15) is 0 Å². The zero-order valence-corrected chi connectivity index (χ0v) is 7.40. The summed E-state index contributed by atoms with van der Waals surface area (Å²) in [6.45, 7) is 3.93. The van der Waals surface area contributed by atoms with Gasteiger partial charge in [-0.05, 0) is 11.6 Å². The summed E-state index contributed by atoms with van der Waals surface area (Å²) in [6.07, 6.45) is 0. The van der Waals surface area contributed by atoms with E-state index in [4.69, 9.17) is 5.73 Å². The van der Waals surface area contributed by atoms with Crippen molar-refractivity contribution in [2.45, 2.75) is 0 Å². The van der Waals surface area contributed by atoms with E-state index >= 15 is 0 Å². The Bertz CT molecular complexity index is 273. The van der Waals surface area contributed by atoms with Crippen LogP contribution in [0.5, 0.6) is 0 Å². The Balaban J connectivity index is 0.00000121. The standard InChI is InChI=1S/C9H10FN.ClH/c1-7(6-11)8-4-2-3-5-9(8)10;/h2-5H,1,6,11H2;1H. The molecule has 12 heavy (non-hydrogen) atoms. The molecule has 0 atom stereocenters. The molecule has 0 amide bonds. The highest BCUT2D eigenvalue weighted by Gasteiger charge is 2.01. The molecule has 0 aliphatic heterocycles. The van der Waals surface area contributed by atoms with E-state index in [2.05, 4.69) is 6.58 Å². The molecular weight excluding hydrogens is 177 g/mol. The van der Waals surface area contributed by atoms with E-state index in [-0.39, 0.29) is 18.2 Å². The van der Waals surface area contributed by atoms with Crippen LogP contribution in [0.3, 0.4) is 0 Å². The minimum absolute atomic E-state index is 0. The fourth-order valence-electron chi connectivity index (χ4n) is 0.858. The molecule has 1 nitrogen and oxygen atoms in total. The minimum atomic E-state index is -0.261. The van der Waals surface area contributed by atoms with Crippen LogP contribution in [0.1, 0.15) is 5.56 Å². The Morgan fingerprint density at radius 3 is 2.50 bits per heavy atom. The molecule has 0 bridgehead atoms. The van der Waals surface area contributed by atoms with Gasteiger partial charge in [-0.3, -0.25) is 0 Å². The smallest absolute Gasteiger partial charge is 0.130 e. The lowest BCUT2D eigenvalue weighted by Gasteiger charge is -2.02. The predicted octanol–water partition coefficient (Wildman–Crippen LogP) is 2.22. The Morgan fingerprint density at radius 2 is 2.00 bits per heavy atom. The molecule has 0 heterocycles. The van der Waals surface area contributed by atoms with E-state index in [1.807, 2.05) is 0 Å². The molecule has 0 fully saturated rings. The molecule has 66 valence electrons. The maximum Gasteiger partial charge on any atom is 0.130 e. The third kappa shape index (κ3) is 2.32. The van der Waals surface area contributed by atoms with Crippen molar-refractivity contribution < 1.29 is 4.39 Å². The normalized spacial score (nSPS) is 8.83. The number of hydrogen-bond acceptors (Lipinski definition) is 1. The summed E-state index contributed by atoms with van der Waals surface area (Å²) in [7, 11) is 0. The second-order valence-corrected chi connectivity index (χ2v) is 2.29. The SMILES string of the molecule is C=C(CN)c1ccccc1F.Cl. The van der Waals surface area contributed by atoms with Crippen molar-refractivity contribution in [1.82, 2.24) is 0 Å². The van der Waals surface area contributed by atoms with Crippen LogP contribution >= 0.6 is 12.4 Å². The largest absolute Gasteiger partial charge is 0.326 e. The van der Waals surface area contributed by atoms with Crippen LogP contribution in [0.2, 0.25) is 0 Å². The van der Waals surface area contributed by atoms with E-state index in [0.29, 0.717) is 17.7 Å². The van der Waals surface area contributed by atoms with Crippen LogP contribution in [-0.4, -0.2) is 6.54 Å². The van der Waals surface area contributed by atoms with Crippen molar-refractivity contribution in [1.29, 1.82) is 0 Å². The van der Waals surface area contributed by atoms with Crippen LogP contribution in [0, 0.1) is 5.82 Å². The molecular formula is C9H11ClFN. The zero-order valence-electron chi connectivity index (χ0n) is 6.59. The number of rotatable bonds is 2. The number of benzene rings is 1. The summed E-state index contributed by atoms with van der Waals surface area (Å²) in [4.78, 5) is 0. The minimum Gasteiger partial charge on any atom is -0.326 e. The van der Waals surface area contributed by atoms with Gasteiger partial charge >= 0.3 is 0 Å². The van der Waals surface area contributed by atoms with Gasteiger partial charge in [0.05, 0.1) is 0 Å². The van der Waals surface area contributed by atoms with Gasteiger partial charge in [0.2, 0.25) is 0 Å². The van der Waals surface area contributed by atoms with Crippen LogP contribution in [0.4, 0.5) is 4.39 Å². The lowest BCUT2D eigenvalue weighted by molar-refractivity contribution is 0.623. The molecule has 2 N–H and O–H groups in total. The van der Waals surface area contributed by atoms with Crippen molar-refractivity contribution in [3.05, 3.63) is 42.2 Å². The maximum atomic E-state index is 12.9. The molecule has 0 unspecified atom stereocenters. The molecule has 1 rings (SSSR count).